The van der Waals surface area contributed by atoms with Gasteiger partial charge in [-0.15, -0.1) is 0 Å². The minimum absolute atomic E-state index is 0.0481. The summed E-state index contributed by atoms with van der Waals surface area (Å²) in [5, 5.41) is 5.65. The van der Waals surface area contributed by atoms with Crippen molar-refractivity contribution in [3.8, 4) is 11.3 Å². The van der Waals surface area contributed by atoms with Crippen molar-refractivity contribution in [3.05, 3.63) is 107 Å². The van der Waals surface area contributed by atoms with Crippen LogP contribution in [0.3, 0.4) is 0 Å². The molecule has 0 radical (unpaired) electrons. The van der Waals surface area contributed by atoms with Crippen molar-refractivity contribution in [1.29, 1.82) is 0 Å². The third kappa shape index (κ3) is 4.13. The number of hydrazine groups is 1. The summed E-state index contributed by atoms with van der Waals surface area (Å²) in [6.45, 7) is 2.08. The molecule has 35 heavy (non-hydrogen) atoms. The first kappa shape index (κ1) is 22.0. The zero-order chi connectivity index (χ0) is 24.4. The van der Waals surface area contributed by atoms with Gasteiger partial charge in [-0.25, -0.2) is 9.67 Å². The number of amides is 2. The Labute approximate surface area is 200 Å². The maximum Gasteiger partial charge on any atom is 0.290 e. The molecule has 8 nitrogen and oxygen atoms in total. The van der Waals surface area contributed by atoms with Gasteiger partial charge in [0.05, 0.1) is 22.2 Å². The molecular weight excluding hydrogens is 442 g/mol. The minimum atomic E-state index is -0.626. The van der Waals surface area contributed by atoms with E-state index >= 15 is 0 Å². The van der Waals surface area contributed by atoms with Crippen LogP contribution in [0.2, 0.25) is 0 Å². The molecule has 0 fully saturated rings. The summed E-state index contributed by atoms with van der Waals surface area (Å²) in [7, 11) is 0. The van der Waals surface area contributed by atoms with E-state index < -0.39 is 11.8 Å². The van der Waals surface area contributed by atoms with Gasteiger partial charge in [-0.3, -0.25) is 25.2 Å². The number of nitrogens with one attached hydrogen (secondary N) is 2. The number of carbonyl (C=O) groups is 2. The van der Waals surface area contributed by atoms with E-state index in [1.165, 1.54) is 4.68 Å². The number of carbonyl (C=O) groups excluding carboxylic acids is 2. The van der Waals surface area contributed by atoms with Crippen LogP contribution in [0.25, 0.3) is 32.9 Å². The number of pyridine rings is 1. The van der Waals surface area contributed by atoms with Crippen LogP contribution in [-0.4, -0.2) is 26.6 Å². The molecule has 172 valence electrons. The lowest BCUT2D eigenvalue weighted by molar-refractivity contribution is 0.0844. The Morgan fingerprint density at radius 1 is 0.800 bits per heavy atom. The second-order valence-corrected chi connectivity index (χ2v) is 7.86. The highest BCUT2D eigenvalue weighted by Gasteiger charge is 2.19. The molecule has 0 unspecified atom stereocenters. The van der Waals surface area contributed by atoms with Crippen LogP contribution >= 0.6 is 0 Å². The SMILES string of the molecule is CCn1nc(C(=O)NNC(=O)c2cc(-c3ccccc3)nc3ccccc23)c2ccccc2c1=O. The molecule has 0 saturated heterocycles. The molecule has 0 saturated carbocycles. The van der Waals surface area contributed by atoms with Crippen LogP contribution in [-0.2, 0) is 6.54 Å². The van der Waals surface area contributed by atoms with Gasteiger partial charge in [-0.05, 0) is 25.1 Å². The highest BCUT2D eigenvalue weighted by molar-refractivity contribution is 6.09. The van der Waals surface area contributed by atoms with Crippen LogP contribution in [0, 0.1) is 0 Å². The second kappa shape index (κ2) is 9.18. The number of aryl methyl sites for hydroxylation is 1. The molecular formula is C27H21N5O3. The van der Waals surface area contributed by atoms with Crippen LogP contribution < -0.4 is 16.4 Å². The number of hydrogen-bond donors (Lipinski definition) is 2. The fraction of sp³-hybridized carbons (Fsp3) is 0.0741. The molecule has 8 heteroatoms. The van der Waals surface area contributed by atoms with E-state index in [2.05, 4.69) is 20.9 Å². The van der Waals surface area contributed by atoms with Gasteiger partial charge < -0.3 is 0 Å². The maximum absolute atomic E-state index is 13.2. The molecule has 2 N–H and O–H groups in total. The van der Waals surface area contributed by atoms with E-state index in [4.69, 9.17) is 0 Å². The Kier molecular flexibility index (Phi) is 5.76. The number of fused-ring (bicyclic) bond motifs is 2. The quantitative estimate of drug-likeness (QED) is 0.395. The Hall–Kier alpha value is -4.85. The van der Waals surface area contributed by atoms with Crippen molar-refractivity contribution < 1.29 is 9.59 Å². The molecule has 0 bridgehead atoms. The van der Waals surface area contributed by atoms with Gasteiger partial charge in [0.25, 0.3) is 17.4 Å². The summed E-state index contributed by atoms with van der Waals surface area (Å²) in [5.74, 6) is -1.12. The van der Waals surface area contributed by atoms with Crippen molar-refractivity contribution in [2.24, 2.45) is 0 Å². The zero-order valence-electron chi connectivity index (χ0n) is 18.9. The number of benzene rings is 3. The van der Waals surface area contributed by atoms with Crippen LogP contribution in [0.15, 0.2) is 89.7 Å². The van der Waals surface area contributed by atoms with Crippen molar-refractivity contribution in [2.45, 2.75) is 13.5 Å². The molecule has 0 atom stereocenters. The van der Waals surface area contributed by atoms with Crippen LogP contribution in [0.1, 0.15) is 27.8 Å². The van der Waals surface area contributed by atoms with Crippen LogP contribution in [0.4, 0.5) is 0 Å². The number of nitrogens with zero attached hydrogens (tertiary/aromatic N) is 3. The standard InChI is InChI=1S/C27H21N5O3/c1-2-32-27(35)20-14-7-6-13-19(20)24(31-32)26(34)30-29-25(33)21-16-23(17-10-4-3-5-11-17)28-22-15-9-8-12-18(21)22/h3-16H,2H2,1H3,(H,29,33)(H,30,34). The number of aromatic nitrogens is 3. The first-order valence-corrected chi connectivity index (χ1v) is 11.1. The van der Waals surface area contributed by atoms with Gasteiger partial charge in [0, 0.05) is 22.9 Å². The fourth-order valence-corrected chi connectivity index (χ4v) is 3.98. The van der Waals surface area contributed by atoms with E-state index in [-0.39, 0.29) is 11.3 Å². The van der Waals surface area contributed by atoms with Gasteiger partial charge in [-0.2, -0.15) is 5.10 Å². The highest BCUT2D eigenvalue weighted by atomic mass is 16.2. The third-order valence-electron chi connectivity index (χ3n) is 5.70. The first-order valence-electron chi connectivity index (χ1n) is 11.1. The Morgan fingerprint density at radius 3 is 2.17 bits per heavy atom. The molecule has 0 aliphatic heterocycles. The van der Waals surface area contributed by atoms with E-state index in [1.54, 1.807) is 43.3 Å². The lowest BCUT2D eigenvalue weighted by Crippen LogP contribution is -2.43. The fourth-order valence-electron chi connectivity index (χ4n) is 3.98. The van der Waals surface area contributed by atoms with Gasteiger partial charge in [-0.1, -0.05) is 66.7 Å². The van der Waals surface area contributed by atoms with E-state index in [1.807, 2.05) is 48.5 Å². The number of hydrogen-bond acceptors (Lipinski definition) is 5. The second-order valence-electron chi connectivity index (χ2n) is 7.86. The average Bonchev–Trinajstić information content (AvgIpc) is 2.91. The molecule has 2 heterocycles. The molecule has 5 aromatic rings. The normalized spacial score (nSPS) is 10.9. The average molecular weight is 463 g/mol. The van der Waals surface area contributed by atoms with Crippen molar-refractivity contribution >= 4 is 33.5 Å². The van der Waals surface area contributed by atoms with Crippen molar-refractivity contribution in [3.63, 3.8) is 0 Å². The Balaban J connectivity index is 1.48. The van der Waals surface area contributed by atoms with Gasteiger partial charge in [0.15, 0.2) is 5.69 Å². The summed E-state index contributed by atoms with van der Waals surface area (Å²) in [6, 6.07) is 25.3. The zero-order valence-corrected chi connectivity index (χ0v) is 18.9. The minimum Gasteiger partial charge on any atom is -0.267 e. The van der Waals surface area contributed by atoms with E-state index in [9.17, 15) is 14.4 Å². The molecule has 2 amide bonds. The smallest absolute Gasteiger partial charge is 0.267 e. The summed E-state index contributed by atoms with van der Waals surface area (Å²) in [6.07, 6.45) is 0. The molecule has 0 aliphatic carbocycles. The molecule has 3 aromatic carbocycles. The first-order chi connectivity index (χ1) is 17.1. The molecule has 5 rings (SSSR count). The van der Waals surface area contributed by atoms with E-state index in [0.29, 0.717) is 39.5 Å². The largest absolute Gasteiger partial charge is 0.290 e. The predicted octanol–water partition coefficient (Wildman–Crippen LogP) is 3.71. The van der Waals surface area contributed by atoms with Crippen LogP contribution in [0.5, 0.6) is 0 Å². The highest BCUT2D eigenvalue weighted by Crippen LogP contribution is 2.24. The van der Waals surface area contributed by atoms with Crippen molar-refractivity contribution in [1.82, 2.24) is 25.6 Å². The van der Waals surface area contributed by atoms with E-state index in [0.717, 1.165) is 5.56 Å². The summed E-state index contributed by atoms with van der Waals surface area (Å²) >= 11 is 0. The lowest BCUT2D eigenvalue weighted by atomic mass is 10.0. The molecule has 0 spiro atoms. The Bertz CT molecular complexity index is 1640. The number of rotatable bonds is 4. The summed E-state index contributed by atoms with van der Waals surface area (Å²) < 4.78 is 1.22. The lowest BCUT2D eigenvalue weighted by Gasteiger charge is -2.13. The summed E-state index contributed by atoms with van der Waals surface area (Å²) in [4.78, 5) is 43.4. The Morgan fingerprint density at radius 2 is 1.43 bits per heavy atom. The summed E-state index contributed by atoms with van der Waals surface area (Å²) in [5.41, 5.74) is 7.25. The van der Waals surface area contributed by atoms with Gasteiger partial charge >= 0.3 is 0 Å². The maximum atomic E-state index is 13.2. The molecule has 2 aromatic heterocycles. The number of para-hydroxylation sites is 1. The topological polar surface area (TPSA) is 106 Å². The predicted molar refractivity (Wildman–Crippen MR) is 134 cm³/mol. The van der Waals surface area contributed by atoms with Gasteiger partial charge in [0.2, 0.25) is 0 Å². The monoisotopic (exact) mass is 463 g/mol. The van der Waals surface area contributed by atoms with Gasteiger partial charge in [0.1, 0.15) is 0 Å². The van der Waals surface area contributed by atoms with Crippen molar-refractivity contribution in [2.75, 3.05) is 0 Å². The molecule has 0 aliphatic rings. The third-order valence-corrected chi connectivity index (χ3v) is 5.70.